The van der Waals surface area contributed by atoms with Gasteiger partial charge < -0.3 is 9.88 Å². The van der Waals surface area contributed by atoms with E-state index in [0.717, 1.165) is 34.7 Å². The first kappa shape index (κ1) is 24.0. The number of thioether (sulfide) groups is 1. The number of rotatable bonds is 5. The number of likely N-dealkylation sites (tertiary alicyclic amines) is 1. The first-order valence-electron chi connectivity index (χ1n) is 11.6. The van der Waals surface area contributed by atoms with Gasteiger partial charge in [-0.2, -0.15) is 0 Å². The second-order valence-corrected chi connectivity index (χ2v) is 12.5. The zero-order chi connectivity index (χ0) is 23.9. The number of benzene rings is 1. The summed E-state index contributed by atoms with van der Waals surface area (Å²) in [6.45, 7) is 13.4. The molecular formula is C26H33N3O2S2. The quantitative estimate of drug-likeness (QED) is 0.492. The number of hydrogen-bond acceptors (Lipinski definition) is 5. The second kappa shape index (κ2) is 9.26. The Morgan fingerprint density at radius 3 is 2.64 bits per heavy atom. The van der Waals surface area contributed by atoms with Crippen molar-refractivity contribution in [1.29, 1.82) is 0 Å². The summed E-state index contributed by atoms with van der Waals surface area (Å²) in [4.78, 5) is 37.4. The molecule has 1 amide bonds. The number of fused-ring (bicyclic) bond motifs is 1. The molecule has 2 unspecified atom stereocenters. The smallest absolute Gasteiger partial charge is 0.259 e. The number of carbonyl (C=O) groups is 1. The lowest BCUT2D eigenvalue weighted by molar-refractivity contribution is -0.131. The number of carbonyl (C=O) groups excluding carboxylic acids is 1. The first-order valence-corrected chi connectivity index (χ1v) is 13.4. The summed E-state index contributed by atoms with van der Waals surface area (Å²) in [7, 11) is 0. The van der Waals surface area contributed by atoms with E-state index in [1.807, 2.05) is 25.7 Å². The van der Waals surface area contributed by atoms with Gasteiger partial charge in [0, 0.05) is 11.4 Å². The van der Waals surface area contributed by atoms with Crippen LogP contribution in [0.4, 0.5) is 0 Å². The van der Waals surface area contributed by atoms with Crippen LogP contribution >= 0.6 is 23.1 Å². The van der Waals surface area contributed by atoms with Crippen LogP contribution in [0.2, 0.25) is 0 Å². The third-order valence-corrected chi connectivity index (χ3v) is 8.85. The van der Waals surface area contributed by atoms with E-state index in [0.29, 0.717) is 17.0 Å². The Hall–Kier alpha value is -2.12. The van der Waals surface area contributed by atoms with Gasteiger partial charge in [0.2, 0.25) is 5.91 Å². The Morgan fingerprint density at radius 2 is 1.97 bits per heavy atom. The topological polar surface area (TPSA) is 66.1 Å². The van der Waals surface area contributed by atoms with E-state index in [-0.39, 0.29) is 28.2 Å². The maximum Gasteiger partial charge on any atom is 0.259 e. The molecule has 7 heteroatoms. The molecule has 1 aromatic carbocycles. The Kier molecular flexibility index (Phi) is 6.74. The van der Waals surface area contributed by atoms with Crippen LogP contribution in [0.5, 0.6) is 0 Å². The largest absolute Gasteiger partial charge is 0.335 e. The zero-order valence-electron chi connectivity index (χ0n) is 20.3. The SMILES string of the molecule is Cc1sc2nc(CSC(C)C(=O)N3CCCC3c3ccc(C(C)(C)C)cc3)[nH]c(=O)c2c1C. The fourth-order valence-electron chi connectivity index (χ4n) is 4.46. The van der Waals surface area contributed by atoms with E-state index < -0.39 is 0 Å². The fraction of sp³-hybridized carbons (Fsp3) is 0.500. The van der Waals surface area contributed by atoms with E-state index in [4.69, 9.17) is 0 Å². The number of aryl methyl sites for hydroxylation is 2. The van der Waals surface area contributed by atoms with Gasteiger partial charge in [0.15, 0.2) is 0 Å². The van der Waals surface area contributed by atoms with Gasteiger partial charge in [-0.25, -0.2) is 4.98 Å². The highest BCUT2D eigenvalue weighted by atomic mass is 32.2. The van der Waals surface area contributed by atoms with E-state index in [1.165, 1.54) is 22.9 Å². The fourth-order valence-corrected chi connectivity index (χ4v) is 6.33. The second-order valence-electron chi connectivity index (χ2n) is 9.99. The number of amides is 1. The maximum atomic E-state index is 13.3. The van der Waals surface area contributed by atoms with Crippen molar-refractivity contribution in [1.82, 2.24) is 14.9 Å². The maximum absolute atomic E-state index is 13.3. The molecule has 1 aliphatic rings. The molecule has 3 aromatic rings. The number of aromatic nitrogens is 2. The zero-order valence-corrected chi connectivity index (χ0v) is 22.0. The molecule has 4 rings (SSSR count). The molecule has 2 aromatic heterocycles. The minimum Gasteiger partial charge on any atom is -0.335 e. The predicted octanol–water partition coefficient (Wildman–Crippen LogP) is 5.88. The van der Waals surface area contributed by atoms with Crippen molar-refractivity contribution in [3.63, 3.8) is 0 Å². The van der Waals surface area contributed by atoms with Crippen LogP contribution in [0, 0.1) is 13.8 Å². The van der Waals surface area contributed by atoms with Crippen molar-refractivity contribution in [2.24, 2.45) is 0 Å². The highest BCUT2D eigenvalue weighted by Crippen LogP contribution is 2.35. The minimum absolute atomic E-state index is 0.0882. The number of nitrogens with one attached hydrogen (secondary N) is 1. The van der Waals surface area contributed by atoms with Crippen molar-refractivity contribution in [3.8, 4) is 0 Å². The van der Waals surface area contributed by atoms with Gasteiger partial charge in [0.25, 0.3) is 5.56 Å². The molecule has 1 aliphatic heterocycles. The van der Waals surface area contributed by atoms with Crippen LogP contribution in [0.3, 0.4) is 0 Å². The molecule has 0 radical (unpaired) electrons. The number of nitrogens with zero attached hydrogens (tertiary/aromatic N) is 2. The van der Waals surface area contributed by atoms with Crippen LogP contribution < -0.4 is 5.56 Å². The summed E-state index contributed by atoms with van der Waals surface area (Å²) >= 11 is 3.09. The van der Waals surface area contributed by atoms with Crippen molar-refractivity contribution >= 4 is 39.2 Å². The van der Waals surface area contributed by atoms with Crippen LogP contribution in [0.1, 0.15) is 74.0 Å². The van der Waals surface area contributed by atoms with Crippen molar-refractivity contribution in [3.05, 3.63) is 62.0 Å². The van der Waals surface area contributed by atoms with Gasteiger partial charge in [0.05, 0.1) is 22.4 Å². The van der Waals surface area contributed by atoms with Gasteiger partial charge >= 0.3 is 0 Å². The molecule has 0 aliphatic carbocycles. The molecule has 3 heterocycles. The van der Waals surface area contributed by atoms with E-state index in [9.17, 15) is 9.59 Å². The number of hydrogen-bond donors (Lipinski definition) is 1. The van der Waals surface area contributed by atoms with Crippen molar-refractivity contribution < 1.29 is 4.79 Å². The van der Waals surface area contributed by atoms with E-state index in [1.54, 1.807) is 11.3 Å². The Morgan fingerprint density at radius 1 is 1.27 bits per heavy atom. The van der Waals surface area contributed by atoms with Gasteiger partial charge in [-0.05, 0) is 55.7 Å². The summed E-state index contributed by atoms with van der Waals surface area (Å²) in [6.07, 6.45) is 2.03. The molecule has 5 nitrogen and oxygen atoms in total. The molecule has 1 fully saturated rings. The molecule has 176 valence electrons. The van der Waals surface area contributed by atoms with Crippen LogP contribution in [0.25, 0.3) is 10.2 Å². The molecule has 0 saturated carbocycles. The van der Waals surface area contributed by atoms with Gasteiger partial charge in [-0.15, -0.1) is 23.1 Å². The molecule has 0 spiro atoms. The lowest BCUT2D eigenvalue weighted by atomic mass is 9.86. The van der Waals surface area contributed by atoms with Gasteiger partial charge in [-0.3, -0.25) is 9.59 Å². The molecular weight excluding hydrogens is 450 g/mol. The van der Waals surface area contributed by atoms with E-state index >= 15 is 0 Å². The minimum atomic E-state index is -0.202. The summed E-state index contributed by atoms with van der Waals surface area (Å²) in [5, 5.41) is 0.486. The van der Waals surface area contributed by atoms with Crippen LogP contribution in [-0.4, -0.2) is 32.6 Å². The van der Waals surface area contributed by atoms with Crippen molar-refractivity contribution in [2.75, 3.05) is 6.54 Å². The van der Waals surface area contributed by atoms with Crippen LogP contribution in [-0.2, 0) is 16.0 Å². The summed E-state index contributed by atoms with van der Waals surface area (Å²) in [5.41, 5.74) is 3.55. The number of H-pyrrole nitrogens is 1. The number of aromatic amines is 1. The lowest BCUT2D eigenvalue weighted by Gasteiger charge is -2.28. The standard InChI is InChI=1S/C26H33N3O2S2/c1-15-16(2)33-24-22(15)23(30)27-21(28-24)14-32-17(3)25(31)29-13-7-8-20(29)18-9-11-19(12-10-18)26(4,5)6/h9-12,17,20H,7-8,13-14H2,1-6H3,(H,27,28,30). The van der Waals surface area contributed by atoms with Gasteiger partial charge in [-0.1, -0.05) is 45.0 Å². The summed E-state index contributed by atoms with van der Waals surface area (Å²) in [6, 6.07) is 8.90. The average molecular weight is 484 g/mol. The predicted molar refractivity (Wildman–Crippen MR) is 139 cm³/mol. The summed E-state index contributed by atoms with van der Waals surface area (Å²) < 4.78 is 0. The highest BCUT2D eigenvalue weighted by Gasteiger charge is 2.32. The normalized spacial score (nSPS) is 17.6. The molecule has 2 atom stereocenters. The average Bonchev–Trinajstić information content (AvgIpc) is 3.36. The molecule has 1 saturated heterocycles. The van der Waals surface area contributed by atoms with E-state index in [2.05, 4.69) is 55.0 Å². The van der Waals surface area contributed by atoms with Crippen LogP contribution in [0.15, 0.2) is 29.1 Å². The molecule has 0 bridgehead atoms. The Balaban J connectivity index is 1.44. The van der Waals surface area contributed by atoms with Gasteiger partial charge in [0.1, 0.15) is 10.7 Å². The monoisotopic (exact) mass is 483 g/mol. The highest BCUT2D eigenvalue weighted by molar-refractivity contribution is 7.99. The molecule has 1 N–H and O–H groups in total. The molecule has 33 heavy (non-hydrogen) atoms. The van der Waals surface area contributed by atoms with Crippen molar-refractivity contribution in [2.45, 2.75) is 76.8 Å². The first-order chi connectivity index (χ1) is 15.6. The Bertz CT molecular complexity index is 1220. The number of thiophene rings is 1. The summed E-state index contributed by atoms with van der Waals surface area (Å²) in [5.74, 6) is 1.30. The third kappa shape index (κ3) is 4.90. The lowest BCUT2D eigenvalue weighted by Crippen LogP contribution is -2.36. The third-order valence-electron chi connectivity index (χ3n) is 6.60. The Labute approximate surface area is 204 Å².